The van der Waals surface area contributed by atoms with Crippen LogP contribution in [-0.4, -0.2) is 99.6 Å². The molecule has 6 N–H and O–H groups in total. The van der Waals surface area contributed by atoms with Crippen LogP contribution in [0.1, 0.15) is 239 Å². The van der Waals surface area contributed by atoms with Crippen LogP contribution in [0, 0.1) is 0 Å². The van der Waals surface area contributed by atoms with Crippen LogP contribution in [0.3, 0.4) is 0 Å². The van der Waals surface area contributed by atoms with E-state index in [-0.39, 0.29) is 19.4 Å². The Hall–Kier alpha value is -3.16. The van der Waals surface area contributed by atoms with Crippen LogP contribution in [-0.2, 0) is 23.8 Å². The molecule has 426 valence electrons. The van der Waals surface area contributed by atoms with Gasteiger partial charge in [-0.3, -0.25) is 9.59 Å². The molecule has 0 aromatic carbocycles. The van der Waals surface area contributed by atoms with Crippen molar-refractivity contribution in [2.45, 2.75) is 288 Å². The van der Waals surface area contributed by atoms with Gasteiger partial charge in [0.15, 0.2) is 12.4 Å². The third kappa shape index (κ3) is 38.4. The van der Waals surface area contributed by atoms with Crippen LogP contribution in [0.2, 0.25) is 0 Å². The molecule has 0 saturated carbocycles. The maximum absolute atomic E-state index is 13.4. The number of unbranched alkanes of at least 4 members (excludes halogenated alkanes) is 27. The first-order chi connectivity index (χ1) is 36.2. The van der Waals surface area contributed by atoms with Crippen molar-refractivity contribution in [1.82, 2.24) is 5.32 Å². The lowest BCUT2D eigenvalue weighted by Gasteiger charge is -2.41. The number of ether oxygens (including phenoxy) is 3. The van der Waals surface area contributed by atoms with Gasteiger partial charge in [0.1, 0.15) is 24.4 Å². The van der Waals surface area contributed by atoms with Gasteiger partial charge in [0, 0.05) is 6.42 Å². The summed E-state index contributed by atoms with van der Waals surface area (Å²) >= 11 is 0. The number of esters is 1. The number of carbonyl (C=O) groups is 2. The molecule has 1 aliphatic heterocycles. The minimum absolute atomic E-state index is 0.0709. The summed E-state index contributed by atoms with van der Waals surface area (Å²) < 4.78 is 17.5. The Labute approximate surface area is 451 Å². The molecule has 0 aromatic rings. The molecule has 0 aromatic heterocycles. The average molecular weight is 1040 g/mol. The highest BCUT2D eigenvalue weighted by Gasteiger charge is 2.47. The van der Waals surface area contributed by atoms with Crippen LogP contribution in [0.15, 0.2) is 85.1 Å². The van der Waals surface area contributed by atoms with E-state index >= 15 is 0 Å². The Morgan fingerprint density at radius 1 is 0.541 bits per heavy atom. The minimum Gasteiger partial charge on any atom is -0.454 e. The van der Waals surface area contributed by atoms with E-state index in [0.717, 1.165) is 70.6 Å². The molecule has 0 radical (unpaired) electrons. The standard InChI is InChI=1S/C63H109NO10/c1-4-7-10-13-16-19-22-25-27-28-29-31-32-35-38-41-44-47-50-56(67)62(71)64-54(55(66)49-46-43-40-37-34-24-21-18-15-12-9-6-3)53-72-63-61(60(70)59(69)57(52-65)73-63)74-58(68)51-48-45-42-39-36-33-30-26-23-20-17-14-11-8-5-2/h8,11,14,17,20,23,25-27,30,33,36,46,49,54-57,59-61,63,65-67,69-70H,4-7,9-10,12-13,15-16,18-19,21-22,24,28-29,31-32,34-35,37-45,47-48,50-53H2,1-3H3,(H,64,71)/b11-8+,17-14+,23-20-,27-25+,30-26-,36-33+,49-46+. The molecule has 8 atom stereocenters. The van der Waals surface area contributed by atoms with Gasteiger partial charge in [-0.1, -0.05) is 247 Å². The lowest BCUT2D eigenvalue weighted by molar-refractivity contribution is -0.305. The summed E-state index contributed by atoms with van der Waals surface area (Å²) in [6.07, 6.45) is 54.8. The Morgan fingerprint density at radius 2 is 0.986 bits per heavy atom. The molecular weight excluding hydrogens is 931 g/mol. The number of amides is 1. The molecule has 1 aliphatic rings. The summed E-state index contributed by atoms with van der Waals surface area (Å²) in [4.78, 5) is 26.5. The number of hydrogen-bond donors (Lipinski definition) is 6. The van der Waals surface area contributed by atoms with Gasteiger partial charge in [-0.05, 0) is 70.6 Å². The number of aliphatic hydroxyl groups is 5. The van der Waals surface area contributed by atoms with Crippen molar-refractivity contribution < 1.29 is 49.3 Å². The predicted molar refractivity (Wildman–Crippen MR) is 306 cm³/mol. The second-order valence-corrected chi connectivity index (χ2v) is 20.5. The number of aliphatic hydroxyl groups excluding tert-OH is 5. The lowest BCUT2D eigenvalue weighted by Crippen LogP contribution is -2.61. The first kappa shape index (κ1) is 68.9. The summed E-state index contributed by atoms with van der Waals surface area (Å²) in [7, 11) is 0. The monoisotopic (exact) mass is 1040 g/mol. The van der Waals surface area contributed by atoms with Gasteiger partial charge in [0.05, 0.1) is 25.4 Å². The SMILES string of the molecule is CC/C=C/C=C/C=C\C=C/C=C/CCCCCC(=O)OC1C(OCC(NC(=O)C(O)CCCCCCCCCC/C=C/CCCCCCCC)C(O)/C=C/CCCCCCCCCCCC)OC(CO)C(O)C1O. The zero-order valence-corrected chi connectivity index (χ0v) is 46.9. The Kier molecular flexibility index (Phi) is 47.1. The fourth-order valence-electron chi connectivity index (χ4n) is 8.90. The lowest BCUT2D eigenvalue weighted by atomic mass is 9.99. The van der Waals surface area contributed by atoms with Crippen LogP contribution in [0.4, 0.5) is 0 Å². The van der Waals surface area contributed by atoms with Crippen molar-refractivity contribution in [3.63, 3.8) is 0 Å². The number of rotatable bonds is 49. The molecule has 1 rings (SSSR count). The van der Waals surface area contributed by atoms with Gasteiger partial charge in [-0.15, -0.1) is 0 Å². The third-order valence-corrected chi connectivity index (χ3v) is 13.7. The van der Waals surface area contributed by atoms with Crippen molar-refractivity contribution in [2.75, 3.05) is 13.2 Å². The summed E-state index contributed by atoms with van der Waals surface area (Å²) in [5, 5.41) is 56.9. The van der Waals surface area contributed by atoms with Gasteiger partial charge >= 0.3 is 5.97 Å². The van der Waals surface area contributed by atoms with Gasteiger partial charge in [0.25, 0.3) is 0 Å². The second-order valence-electron chi connectivity index (χ2n) is 20.5. The Morgan fingerprint density at radius 3 is 1.50 bits per heavy atom. The number of nitrogens with one attached hydrogen (secondary N) is 1. The van der Waals surface area contributed by atoms with Crippen molar-refractivity contribution >= 4 is 11.9 Å². The fraction of sp³-hybridized carbons (Fsp3) is 0.746. The van der Waals surface area contributed by atoms with Gasteiger partial charge in [0.2, 0.25) is 5.91 Å². The number of hydrogen-bond acceptors (Lipinski definition) is 10. The van der Waals surface area contributed by atoms with Crippen molar-refractivity contribution in [3.05, 3.63) is 85.1 Å². The van der Waals surface area contributed by atoms with Crippen LogP contribution in [0.5, 0.6) is 0 Å². The molecule has 0 spiro atoms. The van der Waals surface area contributed by atoms with E-state index in [9.17, 15) is 35.1 Å². The van der Waals surface area contributed by atoms with E-state index in [1.54, 1.807) is 6.08 Å². The van der Waals surface area contributed by atoms with E-state index in [2.05, 4.69) is 50.4 Å². The van der Waals surface area contributed by atoms with Crippen LogP contribution in [0.25, 0.3) is 0 Å². The maximum atomic E-state index is 13.4. The molecule has 1 fully saturated rings. The number of allylic oxidation sites excluding steroid dienone is 13. The van der Waals surface area contributed by atoms with Crippen LogP contribution < -0.4 is 5.32 Å². The second kappa shape index (κ2) is 50.6. The van der Waals surface area contributed by atoms with Crippen molar-refractivity contribution in [2.24, 2.45) is 0 Å². The Balaban J connectivity index is 2.73. The number of carbonyl (C=O) groups excluding carboxylic acids is 2. The van der Waals surface area contributed by atoms with E-state index in [1.807, 2.05) is 54.7 Å². The highest BCUT2D eigenvalue weighted by Crippen LogP contribution is 2.26. The smallest absolute Gasteiger partial charge is 0.306 e. The Bertz CT molecular complexity index is 1520. The van der Waals surface area contributed by atoms with E-state index in [0.29, 0.717) is 12.8 Å². The molecular formula is C63H109NO10. The minimum atomic E-state index is -1.63. The average Bonchev–Trinajstić information content (AvgIpc) is 3.40. The zero-order valence-electron chi connectivity index (χ0n) is 46.9. The maximum Gasteiger partial charge on any atom is 0.306 e. The molecule has 74 heavy (non-hydrogen) atoms. The van der Waals surface area contributed by atoms with Crippen LogP contribution >= 0.6 is 0 Å². The van der Waals surface area contributed by atoms with Crippen molar-refractivity contribution in [1.29, 1.82) is 0 Å². The largest absolute Gasteiger partial charge is 0.454 e. The molecule has 11 heteroatoms. The topological polar surface area (TPSA) is 175 Å². The predicted octanol–water partition coefficient (Wildman–Crippen LogP) is 13.8. The highest BCUT2D eigenvalue weighted by atomic mass is 16.7. The summed E-state index contributed by atoms with van der Waals surface area (Å²) in [6, 6.07) is -1.04. The van der Waals surface area contributed by atoms with Gasteiger partial charge < -0.3 is 45.1 Å². The molecule has 1 heterocycles. The first-order valence-electron chi connectivity index (χ1n) is 29.9. The molecule has 1 amide bonds. The molecule has 0 aliphatic carbocycles. The summed E-state index contributed by atoms with van der Waals surface area (Å²) in [5.41, 5.74) is 0. The van der Waals surface area contributed by atoms with E-state index in [4.69, 9.17) is 14.2 Å². The quantitative estimate of drug-likeness (QED) is 0.0149. The normalized spacial score (nSPS) is 19.9. The first-order valence-corrected chi connectivity index (χ1v) is 29.9. The van der Waals surface area contributed by atoms with Gasteiger partial charge in [-0.25, -0.2) is 0 Å². The summed E-state index contributed by atoms with van der Waals surface area (Å²) in [5.74, 6) is -1.24. The van der Waals surface area contributed by atoms with Crippen molar-refractivity contribution in [3.8, 4) is 0 Å². The highest BCUT2D eigenvalue weighted by molar-refractivity contribution is 5.80. The van der Waals surface area contributed by atoms with Gasteiger partial charge in [-0.2, -0.15) is 0 Å². The fourth-order valence-corrected chi connectivity index (χ4v) is 8.90. The van der Waals surface area contributed by atoms with E-state index in [1.165, 1.54) is 122 Å². The molecule has 8 unspecified atom stereocenters. The molecule has 11 nitrogen and oxygen atoms in total. The molecule has 1 saturated heterocycles. The third-order valence-electron chi connectivity index (χ3n) is 13.7. The van der Waals surface area contributed by atoms with E-state index < -0.39 is 67.4 Å². The zero-order chi connectivity index (χ0) is 54.0. The molecule has 0 bridgehead atoms. The summed E-state index contributed by atoms with van der Waals surface area (Å²) in [6.45, 7) is 5.61.